The molecule has 0 spiro atoms. The minimum Gasteiger partial charge on any atom is -0.493 e. The Bertz CT molecular complexity index is 1230. The van der Waals surface area contributed by atoms with Crippen LogP contribution in [0.3, 0.4) is 0 Å². The third kappa shape index (κ3) is 5.36. The molecule has 0 aliphatic carbocycles. The summed E-state index contributed by atoms with van der Waals surface area (Å²) in [6, 6.07) is 19.9. The molecule has 0 saturated carbocycles. The van der Waals surface area contributed by atoms with Crippen molar-refractivity contribution in [3.63, 3.8) is 0 Å². The Kier molecular flexibility index (Phi) is 7.28. The fourth-order valence-corrected chi connectivity index (χ4v) is 4.59. The largest absolute Gasteiger partial charge is 0.493 e. The van der Waals surface area contributed by atoms with Crippen LogP contribution in [-0.4, -0.2) is 23.2 Å². The summed E-state index contributed by atoms with van der Waals surface area (Å²) in [6.45, 7) is 0.395. The molecule has 4 rings (SSSR count). The van der Waals surface area contributed by atoms with Gasteiger partial charge in [-0.15, -0.1) is 0 Å². The first-order chi connectivity index (χ1) is 16.0. The Labute approximate surface area is 205 Å². The molecule has 33 heavy (non-hydrogen) atoms. The van der Waals surface area contributed by atoms with Crippen LogP contribution in [0.1, 0.15) is 16.7 Å². The zero-order valence-corrected chi connectivity index (χ0v) is 19.9. The fourth-order valence-electron chi connectivity index (χ4n) is 3.29. The van der Waals surface area contributed by atoms with Crippen LogP contribution < -0.4 is 9.47 Å². The molecule has 0 bridgehead atoms. The molecule has 1 fully saturated rings. The van der Waals surface area contributed by atoms with Gasteiger partial charge in [0.2, 0.25) is 0 Å². The fraction of sp³-hybridized carbons (Fsp3) is 0.120. The number of hydrogen-bond donors (Lipinski definition) is 0. The average Bonchev–Trinajstić information content (AvgIpc) is 3.07. The lowest BCUT2D eigenvalue weighted by atomic mass is 10.1. The Balaban J connectivity index is 1.59. The maximum Gasteiger partial charge on any atom is 0.293 e. The highest BCUT2D eigenvalue weighted by Crippen LogP contribution is 2.38. The van der Waals surface area contributed by atoms with Gasteiger partial charge in [0.15, 0.2) is 11.5 Å². The van der Waals surface area contributed by atoms with Crippen LogP contribution in [0.25, 0.3) is 6.08 Å². The molecule has 5 nitrogen and oxygen atoms in total. The summed E-state index contributed by atoms with van der Waals surface area (Å²) < 4.78 is 11.5. The second-order valence-electron chi connectivity index (χ2n) is 7.16. The van der Waals surface area contributed by atoms with E-state index in [1.54, 1.807) is 42.5 Å². The second-order valence-corrected chi connectivity index (χ2v) is 8.99. The monoisotopic (exact) mass is 499 g/mol. The highest BCUT2D eigenvalue weighted by Gasteiger charge is 2.35. The van der Waals surface area contributed by atoms with E-state index in [1.807, 2.05) is 30.3 Å². The highest BCUT2D eigenvalue weighted by atomic mass is 35.5. The number of nitrogens with zero attached hydrogens (tertiary/aromatic N) is 1. The van der Waals surface area contributed by atoms with Crippen molar-refractivity contribution < 1.29 is 19.1 Å². The molecule has 0 aromatic heterocycles. The number of methoxy groups -OCH3 is 1. The molecule has 8 heteroatoms. The van der Waals surface area contributed by atoms with Crippen LogP contribution >= 0.6 is 35.0 Å². The van der Waals surface area contributed by atoms with Gasteiger partial charge >= 0.3 is 0 Å². The van der Waals surface area contributed by atoms with Gasteiger partial charge in [-0.05, 0) is 41.6 Å². The first-order valence-electron chi connectivity index (χ1n) is 9.99. The lowest BCUT2D eigenvalue weighted by molar-refractivity contribution is -0.123. The summed E-state index contributed by atoms with van der Waals surface area (Å²) >= 11 is 13.1. The van der Waals surface area contributed by atoms with Crippen molar-refractivity contribution in [2.24, 2.45) is 0 Å². The zero-order valence-electron chi connectivity index (χ0n) is 17.6. The number of imide groups is 1. The van der Waals surface area contributed by atoms with E-state index in [2.05, 4.69) is 0 Å². The average molecular weight is 500 g/mol. The van der Waals surface area contributed by atoms with Gasteiger partial charge < -0.3 is 9.47 Å². The van der Waals surface area contributed by atoms with Crippen molar-refractivity contribution in [3.05, 3.63) is 98.4 Å². The van der Waals surface area contributed by atoms with Gasteiger partial charge in [-0.25, -0.2) is 0 Å². The molecule has 1 aliphatic heterocycles. The van der Waals surface area contributed by atoms with Gasteiger partial charge in [-0.2, -0.15) is 0 Å². The standard InChI is InChI=1S/C25H19Cl2NO4S/c1-31-21-9-5-8-17(23(21)32-15-18-10-11-19(26)13-20(18)27)12-22-24(29)28(25(30)33-22)14-16-6-3-2-4-7-16/h2-13H,14-15H2,1H3/b22-12-. The van der Waals surface area contributed by atoms with Gasteiger partial charge in [0.05, 0.1) is 18.6 Å². The van der Waals surface area contributed by atoms with Crippen LogP contribution in [0.5, 0.6) is 11.5 Å². The van der Waals surface area contributed by atoms with Crippen molar-refractivity contribution >= 4 is 52.2 Å². The molecule has 3 aromatic rings. The van der Waals surface area contributed by atoms with Crippen LogP contribution in [-0.2, 0) is 17.9 Å². The summed E-state index contributed by atoms with van der Waals surface area (Å²) in [4.78, 5) is 27.0. The van der Waals surface area contributed by atoms with E-state index in [-0.39, 0.29) is 24.3 Å². The second kappa shape index (κ2) is 10.3. The van der Waals surface area contributed by atoms with E-state index in [0.29, 0.717) is 32.0 Å². The van der Waals surface area contributed by atoms with E-state index in [1.165, 1.54) is 12.0 Å². The number of rotatable bonds is 7. The molecule has 0 atom stereocenters. The normalized spacial score (nSPS) is 14.8. The number of carbonyl (C=O) groups excluding carboxylic acids is 2. The highest BCUT2D eigenvalue weighted by molar-refractivity contribution is 8.18. The molecule has 168 valence electrons. The molecule has 0 unspecified atom stereocenters. The molecule has 2 amide bonds. The number of ether oxygens (including phenoxy) is 2. The first-order valence-corrected chi connectivity index (χ1v) is 11.6. The Morgan fingerprint density at radius 1 is 1.00 bits per heavy atom. The summed E-state index contributed by atoms with van der Waals surface area (Å²) in [5.74, 6) is 0.599. The van der Waals surface area contributed by atoms with E-state index >= 15 is 0 Å². The molecule has 1 saturated heterocycles. The van der Waals surface area contributed by atoms with Crippen molar-refractivity contribution in [2.45, 2.75) is 13.2 Å². The number of halogens is 2. The van der Waals surface area contributed by atoms with Gasteiger partial charge in [-0.1, -0.05) is 71.7 Å². The summed E-state index contributed by atoms with van der Waals surface area (Å²) in [6.07, 6.45) is 1.65. The Morgan fingerprint density at radius 2 is 1.79 bits per heavy atom. The number of amides is 2. The molecule has 1 aliphatic rings. The van der Waals surface area contributed by atoms with Crippen molar-refractivity contribution in [1.82, 2.24) is 4.90 Å². The third-order valence-electron chi connectivity index (χ3n) is 4.96. The minimum absolute atomic E-state index is 0.173. The predicted octanol–water partition coefficient (Wildman–Crippen LogP) is 6.82. The lowest BCUT2D eigenvalue weighted by Crippen LogP contribution is -2.27. The Hall–Kier alpha value is -2.93. The van der Waals surface area contributed by atoms with Crippen molar-refractivity contribution in [3.8, 4) is 11.5 Å². The maximum absolute atomic E-state index is 13.0. The topological polar surface area (TPSA) is 55.8 Å². The molecular formula is C25H19Cl2NO4S. The van der Waals surface area contributed by atoms with E-state index < -0.39 is 0 Å². The van der Waals surface area contributed by atoms with Crippen LogP contribution in [0.2, 0.25) is 10.0 Å². The van der Waals surface area contributed by atoms with E-state index in [9.17, 15) is 9.59 Å². The van der Waals surface area contributed by atoms with Crippen LogP contribution in [0.4, 0.5) is 4.79 Å². The quantitative estimate of drug-likeness (QED) is 0.334. The van der Waals surface area contributed by atoms with Gasteiger partial charge in [0.25, 0.3) is 11.1 Å². The smallest absolute Gasteiger partial charge is 0.293 e. The molecular weight excluding hydrogens is 481 g/mol. The molecule has 3 aromatic carbocycles. The number of benzene rings is 3. The molecule has 1 heterocycles. The SMILES string of the molecule is COc1cccc(/C=C2\SC(=O)N(Cc3ccccc3)C2=O)c1OCc1ccc(Cl)cc1Cl. The van der Waals surface area contributed by atoms with Crippen LogP contribution in [0.15, 0.2) is 71.6 Å². The predicted molar refractivity (Wildman–Crippen MR) is 132 cm³/mol. The van der Waals surface area contributed by atoms with Gasteiger partial charge in [0.1, 0.15) is 6.61 Å². The van der Waals surface area contributed by atoms with E-state index in [4.69, 9.17) is 32.7 Å². The molecule has 0 N–H and O–H groups in total. The van der Waals surface area contributed by atoms with Gasteiger partial charge in [-0.3, -0.25) is 14.5 Å². The zero-order chi connectivity index (χ0) is 23.4. The van der Waals surface area contributed by atoms with Crippen LogP contribution in [0, 0.1) is 0 Å². The number of hydrogen-bond acceptors (Lipinski definition) is 5. The van der Waals surface area contributed by atoms with E-state index in [0.717, 1.165) is 22.9 Å². The lowest BCUT2D eigenvalue weighted by Gasteiger charge is -2.15. The molecule has 0 radical (unpaired) electrons. The number of para-hydroxylation sites is 1. The maximum atomic E-state index is 13.0. The minimum atomic E-state index is -0.344. The third-order valence-corrected chi connectivity index (χ3v) is 6.45. The van der Waals surface area contributed by atoms with Crippen molar-refractivity contribution in [1.29, 1.82) is 0 Å². The summed E-state index contributed by atoms with van der Waals surface area (Å²) in [5, 5.41) is 0.711. The van der Waals surface area contributed by atoms with Gasteiger partial charge in [0, 0.05) is 21.2 Å². The summed E-state index contributed by atoms with van der Waals surface area (Å²) in [7, 11) is 1.54. The first kappa shape index (κ1) is 23.2. The Morgan fingerprint density at radius 3 is 2.52 bits per heavy atom. The van der Waals surface area contributed by atoms with Crippen molar-refractivity contribution in [2.75, 3.05) is 7.11 Å². The summed E-state index contributed by atoms with van der Waals surface area (Å²) in [5.41, 5.74) is 2.25. The number of carbonyl (C=O) groups is 2. The number of thioether (sulfide) groups is 1.